The molecule has 3 N–H and O–H groups in total. The van der Waals surface area contributed by atoms with E-state index < -0.39 is 12.0 Å². The number of imidazole rings is 1. The highest BCUT2D eigenvalue weighted by molar-refractivity contribution is 7.99. The van der Waals surface area contributed by atoms with Crippen LogP contribution in [0.4, 0.5) is 4.79 Å². The van der Waals surface area contributed by atoms with Gasteiger partial charge in [0.2, 0.25) is 0 Å². The van der Waals surface area contributed by atoms with Crippen molar-refractivity contribution in [2.24, 2.45) is 0 Å². The summed E-state index contributed by atoms with van der Waals surface area (Å²) in [6, 6.07) is -1.25. The number of nitrogens with one attached hydrogen (secondary N) is 2. The van der Waals surface area contributed by atoms with Gasteiger partial charge in [-0.2, -0.15) is 11.8 Å². The van der Waals surface area contributed by atoms with Gasteiger partial charge in [-0.05, 0) is 0 Å². The molecule has 8 heteroatoms. The van der Waals surface area contributed by atoms with E-state index in [1.807, 2.05) is 0 Å². The van der Waals surface area contributed by atoms with E-state index in [9.17, 15) is 9.59 Å². The topological polar surface area (TPSA) is 98.3 Å². The number of hydrogen-bond acceptors (Lipinski definition) is 4. The number of carboxylic acids is 1. The van der Waals surface area contributed by atoms with Gasteiger partial charge in [0.1, 0.15) is 6.04 Å². The molecule has 19 heavy (non-hydrogen) atoms. The molecule has 0 aliphatic carbocycles. The second kappa shape index (κ2) is 6.46. The van der Waals surface area contributed by atoms with E-state index in [0.29, 0.717) is 18.8 Å². The number of thioether (sulfide) groups is 1. The fourth-order valence-corrected chi connectivity index (χ4v) is 2.73. The molecule has 1 aliphatic rings. The Labute approximate surface area is 114 Å². The van der Waals surface area contributed by atoms with Crippen molar-refractivity contribution in [3.63, 3.8) is 0 Å². The minimum atomic E-state index is -1.05. The number of H-pyrrole nitrogens is 1. The maximum atomic E-state index is 12.0. The largest absolute Gasteiger partial charge is 0.480 e. The Balaban J connectivity index is 1.92. The number of hydrogen-bond donors (Lipinski definition) is 3. The molecule has 2 rings (SSSR count). The summed E-state index contributed by atoms with van der Waals surface area (Å²) in [5.74, 6) is 0.742. The Bertz CT molecular complexity index is 431. The zero-order chi connectivity index (χ0) is 13.7. The minimum Gasteiger partial charge on any atom is -0.480 e. The Morgan fingerprint density at radius 1 is 1.53 bits per heavy atom. The lowest BCUT2D eigenvalue weighted by Gasteiger charge is -2.28. The fraction of sp³-hybridized carbons (Fsp3) is 0.545. The van der Waals surface area contributed by atoms with Gasteiger partial charge in [-0.25, -0.2) is 14.6 Å². The first kappa shape index (κ1) is 13.7. The van der Waals surface area contributed by atoms with Gasteiger partial charge < -0.3 is 20.3 Å². The molecule has 1 aromatic heterocycles. The van der Waals surface area contributed by atoms with Gasteiger partial charge in [0.15, 0.2) is 0 Å². The third-order valence-corrected chi connectivity index (χ3v) is 3.82. The Morgan fingerprint density at radius 3 is 2.84 bits per heavy atom. The molecule has 1 aliphatic heterocycles. The Kier molecular flexibility index (Phi) is 4.67. The van der Waals surface area contributed by atoms with Crippen LogP contribution in [-0.4, -0.2) is 62.6 Å². The van der Waals surface area contributed by atoms with Crippen LogP contribution in [0.2, 0.25) is 0 Å². The summed E-state index contributed by atoms with van der Waals surface area (Å²) in [5.41, 5.74) is 0.682. The van der Waals surface area contributed by atoms with Crippen LogP contribution < -0.4 is 5.32 Å². The van der Waals surface area contributed by atoms with Crippen molar-refractivity contribution in [1.82, 2.24) is 20.2 Å². The molecule has 2 amide bonds. The number of aromatic nitrogens is 2. The number of aliphatic carboxylic acids is 1. The van der Waals surface area contributed by atoms with E-state index in [1.54, 1.807) is 22.9 Å². The number of nitrogens with zero attached hydrogens (tertiary/aromatic N) is 2. The first-order valence-corrected chi connectivity index (χ1v) is 7.15. The van der Waals surface area contributed by atoms with Gasteiger partial charge >= 0.3 is 12.0 Å². The molecule has 7 nitrogen and oxygen atoms in total. The molecule has 1 saturated heterocycles. The molecule has 0 aromatic carbocycles. The van der Waals surface area contributed by atoms with Crippen molar-refractivity contribution >= 4 is 23.8 Å². The molecule has 1 fully saturated rings. The van der Waals surface area contributed by atoms with Crippen molar-refractivity contribution in [2.75, 3.05) is 24.6 Å². The lowest BCUT2D eigenvalue weighted by atomic mass is 10.1. The van der Waals surface area contributed by atoms with Crippen LogP contribution in [0.3, 0.4) is 0 Å². The number of rotatable bonds is 4. The SMILES string of the molecule is O=C(O)[C@@H](Cc1cnc[nH]1)NC(=O)N1CCSCC1. The summed E-state index contributed by atoms with van der Waals surface area (Å²) in [4.78, 5) is 31.4. The predicted molar refractivity (Wildman–Crippen MR) is 71.1 cm³/mol. The van der Waals surface area contributed by atoms with Crippen LogP contribution in [0.1, 0.15) is 5.69 Å². The average Bonchev–Trinajstić information content (AvgIpc) is 2.91. The predicted octanol–water partition coefficient (Wildman–Crippen LogP) is 0.164. The van der Waals surface area contributed by atoms with Gasteiger partial charge in [-0.3, -0.25) is 0 Å². The van der Waals surface area contributed by atoms with Gasteiger partial charge in [-0.1, -0.05) is 0 Å². The molecular weight excluding hydrogens is 268 g/mol. The van der Waals surface area contributed by atoms with Crippen LogP contribution in [0.15, 0.2) is 12.5 Å². The molecule has 1 aromatic rings. The summed E-state index contributed by atoms with van der Waals surface area (Å²) in [6.07, 6.45) is 3.24. The molecule has 0 spiro atoms. The Morgan fingerprint density at radius 2 is 2.26 bits per heavy atom. The van der Waals surface area contributed by atoms with Gasteiger partial charge in [0.05, 0.1) is 6.33 Å². The minimum absolute atomic E-state index is 0.198. The van der Waals surface area contributed by atoms with E-state index in [1.165, 1.54) is 6.33 Å². The number of amides is 2. The second-order valence-electron chi connectivity index (χ2n) is 4.22. The standard InChI is InChI=1S/C11H16N4O3S/c16-10(17)9(5-8-6-12-7-13-8)14-11(18)15-1-3-19-4-2-15/h6-7,9H,1-5H2,(H,12,13)(H,14,18)(H,16,17)/t9-/m1/s1. The van der Waals surface area contributed by atoms with Crippen LogP contribution in [0.25, 0.3) is 0 Å². The van der Waals surface area contributed by atoms with Crippen molar-refractivity contribution in [2.45, 2.75) is 12.5 Å². The van der Waals surface area contributed by atoms with Crippen LogP contribution in [-0.2, 0) is 11.2 Å². The molecule has 0 unspecified atom stereocenters. The molecule has 0 saturated carbocycles. The monoisotopic (exact) mass is 284 g/mol. The molecule has 0 radical (unpaired) electrons. The highest BCUT2D eigenvalue weighted by Crippen LogP contribution is 2.09. The third-order valence-electron chi connectivity index (χ3n) is 2.87. The number of aromatic amines is 1. The molecule has 0 bridgehead atoms. The summed E-state index contributed by atoms with van der Waals surface area (Å²) >= 11 is 1.79. The van der Waals surface area contributed by atoms with E-state index in [-0.39, 0.29) is 12.5 Å². The van der Waals surface area contributed by atoms with E-state index >= 15 is 0 Å². The quantitative estimate of drug-likeness (QED) is 0.732. The number of carboxylic acid groups (broad SMARTS) is 1. The van der Waals surface area contributed by atoms with Gasteiger partial charge in [0.25, 0.3) is 0 Å². The van der Waals surface area contributed by atoms with Gasteiger partial charge in [0, 0.05) is 42.9 Å². The van der Waals surface area contributed by atoms with Crippen molar-refractivity contribution in [1.29, 1.82) is 0 Å². The highest BCUT2D eigenvalue weighted by atomic mass is 32.2. The van der Waals surface area contributed by atoms with Crippen LogP contribution in [0.5, 0.6) is 0 Å². The molecule has 104 valence electrons. The lowest BCUT2D eigenvalue weighted by Crippen LogP contribution is -2.51. The van der Waals surface area contributed by atoms with Crippen molar-refractivity contribution < 1.29 is 14.7 Å². The van der Waals surface area contributed by atoms with E-state index in [4.69, 9.17) is 5.11 Å². The summed E-state index contributed by atoms with van der Waals surface area (Å²) in [5, 5.41) is 11.7. The second-order valence-corrected chi connectivity index (χ2v) is 5.45. The zero-order valence-corrected chi connectivity index (χ0v) is 11.2. The van der Waals surface area contributed by atoms with Crippen LogP contribution >= 0.6 is 11.8 Å². The highest BCUT2D eigenvalue weighted by Gasteiger charge is 2.24. The zero-order valence-electron chi connectivity index (χ0n) is 10.3. The lowest BCUT2D eigenvalue weighted by molar-refractivity contribution is -0.139. The number of carbonyl (C=O) groups is 2. The Hall–Kier alpha value is -1.70. The van der Waals surface area contributed by atoms with Gasteiger partial charge in [-0.15, -0.1) is 0 Å². The van der Waals surface area contributed by atoms with E-state index in [2.05, 4.69) is 15.3 Å². The number of carbonyl (C=O) groups excluding carboxylic acids is 1. The first-order chi connectivity index (χ1) is 9.16. The summed E-state index contributed by atoms with van der Waals surface area (Å²) in [7, 11) is 0. The molecule has 2 heterocycles. The van der Waals surface area contributed by atoms with E-state index in [0.717, 1.165) is 11.5 Å². The first-order valence-electron chi connectivity index (χ1n) is 6.00. The average molecular weight is 284 g/mol. The normalized spacial score (nSPS) is 16.9. The van der Waals surface area contributed by atoms with Crippen LogP contribution in [0, 0.1) is 0 Å². The smallest absolute Gasteiger partial charge is 0.326 e. The molecular formula is C11H16N4O3S. The maximum absolute atomic E-state index is 12.0. The number of urea groups is 1. The summed E-state index contributed by atoms with van der Waals surface area (Å²) < 4.78 is 0. The fourth-order valence-electron chi connectivity index (χ4n) is 1.82. The van der Waals surface area contributed by atoms with Crippen molar-refractivity contribution in [3.05, 3.63) is 18.2 Å². The van der Waals surface area contributed by atoms with Crippen molar-refractivity contribution in [3.8, 4) is 0 Å². The third kappa shape index (κ3) is 3.88. The maximum Gasteiger partial charge on any atom is 0.326 e. The summed E-state index contributed by atoms with van der Waals surface area (Å²) in [6.45, 7) is 1.32. The molecule has 1 atom stereocenters.